The third kappa shape index (κ3) is 11.1. The summed E-state index contributed by atoms with van der Waals surface area (Å²) in [5, 5.41) is 28.3. The van der Waals surface area contributed by atoms with Gasteiger partial charge in [-0.25, -0.2) is 0 Å². The molecule has 0 aliphatic carbocycles. The average Bonchev–Trinajstić information content (AvgIpc) is 3.64. The molecule has 0 saturated heterocycles. The van der Waals surface area contributed by atoms with E-state index < -0.39 is 0 Å². The topological polar surface area (TPSA) is 192 Å². The third-order valence-electron chi connectivity index (χ3n) is 9.83. The molecule has 288 valence electrons. The second-order valence-electron chi connectivity index (χ2n) is 13.4. The number of phenolic OH excluding ortho intramolecular Hbond substituents is 1. The Kier molecular flexibility index (Phi) is 16.3. The zero-order chi connectivity index (χ0) is 38.1. The van der Waals surface area contributed by atoms with E-state index in [4.69, 9.17) is 33.8 Å². The Balaban J connectivity index is 0.000000277. The van der Waals surface area contributed by atoms with Crippen molar-refractivity contribution in [1.29, 1.82) is 10.8 Å². The highest BCUT2D eigenvalue weighted by Crippen LogP contribution is 2.33. The number of anilines is 2. The Morgan fingerprint density at radius 3 is 1.89 bits per heavy atom. The number of aromatic amines is 1. The number of hydrogen-bond donors (Lipinski definition) is 8. The largest absolute Gasteiger partial charge is 1.00 e. The van der Waals surface area contributed by atoms with Crippen molar-refractivity contribution in [2.24, 2.45) is 11.5 Å². The molecule has 2 heterocycles. The minimum absolute atomic E-state index is 0. The van der Waals surface area contributed by atoms with E-state index in [2.05, 4.69) is 103 Å². The van der Waals surface area contributed by atoms with Crippen LogP contribution in [0, 0.1) is 10.8 Å². The van der Waals surface area contributed by atoms with Gasteiger partial charge in [0.15, 0.2) is 6.54 Å². The molecule has 7 aromatic rings. The van der Waals surface area contributed by atoms with Crippen molar-refractivity contribution in [3.8, 4) is 17.0 Å². The van der Waals surface area contributed by atoms with E-state index in [1.807, 2.05) is 30.5 Å². The van der Waals surface area contributed by atoms with Crippen LogP contribution in [0.15, 0.2) is 121 Å². The van der Waals surface area contributed by atoms with Gasteiger partial charge >= 0.3 is 0 Å². The quantitative estimate of drug-likeness (QED) is 0.0205. The second-order valence-corrected chi connectivity index (χ2v) is 13.4. The Morgan fingerprint density at radius 1 is 0.709 bits per heavy atom. The molecular formula is C43H51I2N9O. The van der Waals surface area contributed by atoms with Crippen LogP contribution in [-0.4, -0.2) is 52.9 Å². The lowest BCUT2D eigenvalue weighted by molar-refractivity contribution is -0.908. The van der Waals surface area contributed by atoms with Crippen molar-refractivity contribution < 1.29 is 62.1 Å². The van der Waals surface area contributed by atoms with Gasteiger partial charge < -0.3 is 85.5 Å². The summed E-state index contributed by atoms with van der Waals surface area (Å²) in [6.07, 6.45) is 3.05. The van der Waals surface area contributed by atoms with Crippen molar-refractivity contribution in [2.75, 3.05) is 38.1 Å². The number of aromatic nitrogens is 2. The first kappa shape index (κ1) is 44.5. The van der Waals surface area contributed by atoms with Crippen LogP contribution in [0.1, 0.15) is 31.4 Å². The molecule has 0 spiro atoms. The van der Waals surface area contributed by atoms with Crippen LogP contribution >= 0.6 is 0 Å². The number of aromatic hydroxyl groups is 1. The molecule has 0 bridgehead atoms. The lowest BCUT2D eigenvalue weighted by Gasteiger charge is -2.31. The number of benzene rings is 5. The smallest absolute Gasteiger partial charge is 0.220 e. The first-order chi connectivity index (χ1) is 25.4. The highest BCUT2D eigenvalue weighted by molar-refractivity contribution is 6.10. The number of halogens is 2. The summed E-state index contributed by atoms with van der Waals surface area (Å²) in [6, 6.07) is 37.6. The van der Waals surface area contributed by atoms with Gasteiger partial charge in [-0.3, -0.25) is 10.8 Å². The summed E-state index contributed by atoms with van der Waals surface area (Å²) in [7, 11) is 2.35. The summed E-state index contributed by atoms with van der Waals surface area (Å²) in [4.78, 5) is 3.12. The molecule has 10 nitrogen and oxygen atoms in total. The van der Waals surface area contributed by atoms with Gasteiger partial charge in [-0.1, -0.05) is 42.5 Å². The first-order valence-electron chi connectivity index (χ1n) is 17.8. The molecule has 0 saturated carbocycles. The standard InChI is InChI=1S/C27H33N4.C8H10N4O.C8H7N.2HI/c1-4-31(3,5-2)17-9-16-30-26-19-22(29)13-15-24(26)23-14-12-21(28)18-25(23)27(30)20-10-7-6-8-11-20;9-7(10)4-1-5(8(11)12)3-6(13)2-4;1-2-4-8-7(3-1)5-6-9-8;;/h6-8,10-15,18-19,29H,4-5,9,16-17,28H2,1-3H3;1-3,13H,(H3,9,10)(H3,11,12);1-6,9H;2*1H/q+1;;;;/p-1. The number of nitrogens with one attached hydrogen (secondary N) is 3. The predicted molar refractivity (Wildman–Crippen MR) is 221 cm³/mol. The van der Waals surface area contributed by atoms with Crippen LogP contribution in [0.2, 0.25) is 0 Å². The maximum atomic E-state index is 9.19. The van der Waals surface area contributed by atoms with E-state index in [-0.39, 0.29) is 65.4 Å². The number of phenols is 1. The van der Waals surface area contributed by atoms with Gasteiger partial charge in [0.25, 0.3) is 0 Å². The number of rotatable bonds is 9. The number of pyridine rings is 1. The third-order valence-corrected chi connectivity index (χ3v) is 9.83. The molecule has 2 aromatic heterocycles. The number of para-hydroxylation sites is 1. The second kappa shape index (κ2) is 20.1. The Morgan fingerprint density at radius 2 is 1.29 bits per heavy atom. The lowest BCUT2D eigenvalue weighted by atomic mass is 9.98. The number of nitrogen functional groups attached to an aromatic ring is 4. The zero-order valence-corrected chi connectivity index (χ0v) is 35.8. The molecule has 0 amide bonds. The summed E-state index contributed by atoms with van der Waals surface area (Å²) < 4.78 is 3.54. The number of aryl methyl sites for hydroxylation is 1. The van der Waals surface area contributed by atoms with Crippen molar-refractivity contribution >= 4 is 55.6 Å². The Labute approximate surface area is 357 Å². The van der Waals surface area contributed by atoms with E-state index in [0.717, 1.165) is 48.5 Å². The summed E-state index contributed by atoms with van der Waals surface area (Å²) in [5.41, 5.74) is 30.0. The number of hydrogen-bond acceptors (Lipinski definition) is 5. The first-order valence-corrected chi connectivity index (χ1v) is 17.8. The molecule has 7 rings (SSSR count). The Hall–Kier alpha value is -4.93. The van der Waals surface area contributed by atoms with Crippen LogP contribution < -0.4 is 75.5 Å². The van der Waals surface area contributed by atoms with Crippen molar-refractivity contribution in [2.45, 2.75) is 26.8 Å². The van der Waals surface area contributed by atoms with Gasteiger partial charge in [0.2, 0.25) is 11.2 Å². The minimum atomic E-state index is -0.168. The van der Waals surface area contributed by atoms with Gasteiger partial charge in [0, 0.05) is 51.2 Å². The highest BCUT2D eigenvalue weighted by atomic mass is 127. The fraction of sp³-hybridized carbons (Fsp3) is 0.186. The summed E-state index contributed by atoms with van der Waals surface area (Å²) in [6.45, 7) is 8.93. The van der Waals surface area contributed by atoms with Gasteiger partial charge in [0.05, 0.1) is 43.9 Å². The molecule has 55 heavy (non-hydrogen) atoms. The van der Waals surface area contributed by atoms with Crippen LogP contribution in [0.5, 0.6) is 5.75 Å². The van der Waals surface area contributed by atoms with E-state index >= 15 is 0 Å². The monoisotopic (exact) mass is 963 g/mol. The van der Waals surface area contributed by atoms with Crippen molar-refractivity contribution in [3.05, 3.63) is 133 Å². The maximum Gasteiger partial charge on any atom is 0.220 e. The number of H-pyrrole nitrogens is 1. The molecule has 0 aliphatic rings. The molecule has 0 radical (unpaired) electrons. The van der Waals surface area contributed by atoms with Gasteiger partial charge in [-0.05, 0) is 86.0 Å². The molecule has 0 fully saturated rings. The molecule has 0 atom stereocenters. The van der Waals surface area contributed by atoms with E-state index in [9.17, 15) is 5.11 Å². The number of quaternary nitrogens is 1. The molecular weight excluding hydrogens is 912 g/mol. The fourth-order valence-electron chi connectivity index (χ4n) is 6.47. The Bertz CT molecular complexity index is 2310. The fourth-order valence-corrected chi connectivity index (χ4v) is 6.47. The van der Waals surface area contributed by atoms with Gasteiger partial charge in [0.1, 0.15) is 17.4 Å². The van der Waals surface area contributed by atoms with E-state index in [0.29, 0.717) is 11.1 Å². The van der Waals surface area contributed by atoms with Gasteiger partial charge in [-0.2, -0.15) is 4.57 Å². The summed E-state index contributed by atoms with van der Waals surface area (Å²) in [5.74, 6) is -0.394. The molecule has 0 unspecified atom stereocenters. The van der Waals surface area contributed by atoms with E-state index in [1.165, 1.54) is 62.0 Å². The maximum absolute atomic E-state index is 9.19. The van der Waals surface area contributed by atoms with Crippen molar-refractivity contribution in [1.82, 2.24) is 4.98 Å². The predicted octanol–water partition coefficient (Wildman–Crippen LogP) is 1.12. The minimum Gasteiger partial charge on any atom is -1.00 e. The average molecular weight is 964 g/mol. The molecule has 12 heteroatoms. The SMILES string of the molecule is CC[N+](C)(CC)CCC[n+]1c(-c2ccccc2)c2cc(N)ccc2c2ccc(N)cc21.N=C(N)c1cc(O)cc(C(=N)N)c1.[I-].[I-].c1ccc2[nH]ccc2c1. The van der Waals surface area contributed by atoms with Crippen LogP contribution in [0.3, 0.4) is 0 Å². The molecule has 12 N–H and O–H groups in total. The van der Waals surface area contributed by atoms with Crippen LogP contribution in [-0.2, 0) is 6.54 Å². The van der Waals surface area contributed by atoms with Crippen molar-refractivity contribution in [3.63, 3.8) is 0 Å². The number of fused-ring (bicyclic) bond motifs is 4. The normalized spacial score (nSPS) is 10.7. The zero-order valence-electron chi connectivity index (χ0n) is 31.5. The van der Waals surface area contributed by atoms with Crippen LogP contribution in [0.4, 0.5) is 11.4 Å². The van der Waals surface area contributed by atoms with E-state index in [1.54, 1.807) is 0 Å². The lowest BCUT2D eigenvalue weighted by Crippen LogP contribution is -3.00. The summed E-state index contributed by atoms with van der Waals surface area (Å²) >= 11 is 0. The molecule has 0 aliphatic heterocycles. The number of amidine groups is 2. The van der Waals surface area contributed by atoms with Crippen LogP contribution in [0.25, 0.3) is 43.8 Å². The highest BCUT2D eigenvalue weighted by Gasteiger charge is 2.25. The number of nitrogens with zero attached hydrogens (tertiary/aromatic N) is 2. The number of nitrogens with two attached hydrogens (primary N) is 4. The molecule has 5 aromatic carbocycles. The van der Waals surface area contributed by atoms with Gasteiger partial charge in [-0.15, -0.1) is 0 Å².